The Morgan fingerprint density at radius 1 is 1.31 bits per heavy atom. The minimum atomic E-state index is -0.499. The number of rotatable bonds is 5. The van der Waals surface area contributed by atoms with E-state index in [1.807, 2.05) is 5.38 Å². The Morgan fingerprint density at radius 2 is 2.19 bits per heavy atom. The maximum atomic E-state index is 13.0. The van der Waals surface area contributed by atoms with Crippen molar-refractivity contribution >= 4 is 23.0 Å². The van der Waals surface area contributed by atoms with Crippen LogP contribution < -0.4 is 0 Å². The van der Waals surface area contributed by atoms with Gasteiger partial charge in [-0.25, -0.2) is 0 Å². The van der Waals surface area contributed by atoms with Crippen molar-refractivity contribution in [2.75, 3.05) is 0 Å². The molecule has 134 valence electrons. The lowest BCUT2D eigenvalue weighted by atomic mass is 9.82. The van der Waals surface area contributed by atoms with Gasteiger partial charge >= 0.3 is 0 Å². The van der Waals surface area contributed by atoms with Crippen molar-refractivity contribution in [2.45, 2.75) is 31.8 Å². The molecule has 0 aromatic carbocycles. The van der Waals surface area contributed by atoms with Crippen LogP contribution in [0.4, 0.5) is 0 Å². The third-order valence-corrected chi connectivity index (χ3v) is 5.87. The third kappa shape index (κ3) is 2.90. The Hall–Kier alpha value is -2.60. The van der Waals surface area contributed by atoms with Crippen LogP contribution in [0, 0.1) is 5.92 Å². The molecule has 5 nitrogen and oxygen atoms in total. The maximum absolute atomic E-state index is 13.0. The average Bonchev–Trinajstić information content (AvgIpc) is 3.40. The van der Waals surface area contributed by atoms with Gasteiger partial charge in [-0.2, -0.15) is 0 Å². The summed E-state index contributed by atoms with van der Waals surface area (Å²) >= 11 is 1.32. The number of amides is 1. The molecule has 3 heterocycles. The van der Waals surface area contributed by atoms with E-state index in [0.717, 1.165) is 19.3 Å². The molecule has 2 aromatic rings. The fourth-order valence-electron chi connectivity index (χ4n) is 3.79. The predicted octanol–water partition coefficient (Wildman–Crippen LogP) is 4.10. The van der Waals surface area contributed by atoms with Gasteiger partial charge in [0, 0.05) is 0 Å². The summed E-state index contributed by atoms with van der Waals surface area (Å²) in [7, 11) is 0. The van der Waals surface area contributed by atoms with Gasteiger partial charge in [0.15, 0.2) is 5.76 Å². The average molecular weight is 369 g/mol. The summed E-state index contributed by atoms with van der Waals surface area (Å²) in [5.74, 6) is -0.447. The summed E-state index contributed by atoms with van der Waals surface area (Å²) < 4.78 is 5.39. The lowest BCUT2D eigenvalue weighted by molar-refractivity contribution is -0.131. The Morgan fingerprint density at radius 3 is 2.85 bits per heavy atom. The van der Waals surface area contributed by atoms with Crippen molar-refractivity contribution in [3.05, 3.63) is 70.0 Å². The van der Waals surface area contributed by atoms with Crippen LogP contribution in [0.5, 0.6) is 0 Å². The molecule has 4 rings (SSSR count). The zero-order chi connectivity index (χ0) is 18.1. The van der Waals surface area contributed by atoms with Gasteiger partial charge in [-0.05, 0) is 48.8 Å². The molecule has 2 unspecified atom stereocenters. The highest BCUT2D eigenvalue weighted by molar-refractivity contribution is 7.12. The lowest BCUT2D eigenvalue weighted by Crippen LogP contribution is -2.41. The summed E-state index contributed by atoms with van der Waals surface area (Å²) in [5, 5.41) is 12.4. The van der Waals surface area contributed by atoms with Crippen LogP contribution in [-0.2, 0) is 11.3 Å². The van der Waals surface area contributed by atoms with E-state index in [9.17, 15) is 14.7 Å². The largest absolute Gasteiger partial charge is 0.503 e. The molecular weight excluding hydrogens is 350 g/mol. The van der Waals surface area contributed by atoms with Gasteiger partial charge in [0.05, 0.1) is 29.3 Å². The van der Waals surface area contributed by atoms with Crippen molar-refractivity contribution in [1.82, 2.24) is 4.90 Å². The normalized spacial score (nSPS) is 23.1. The molecule has 0 bridgehead atoms. The molecule has 26 heavy (non-hydrogen) atoms. The van der Waals surface area contributed by atoms with Gasteiger partial charge in [0.1, 0.15) is 5.76 Å². The van der Waals surface area contributed by atoms with Gasteiger partial charge in [-0.3, -0.25) is 9.59 Å². The first-order chi connectivity index (χ1) is 12.7. The number of thiophene rings is 1. The molecule has 2 aromatic heterocycles. The monoisotopic (exact) mass is 369 g/mol. The quantitative estimate of drug-likeness (QED) is 0.636. The molecule has 1 aliphatic heterocycles. The zero-order valence-electron chi connectivity index (χ0n) is 14.1. The number of nitrogens with zero attached hydrogens (tertiary/aromatic N) is 1. The maximum Gasteiger partial charge on any atom is 0.290 e. The SMILES string of the molecule is O=C(C1=C(O)C(=O)N(Cc2ccco2)C1C1CC=CCC1)c1cccs1. The number of carbonyl (C=O) groups is 2. The van der Waals surface area contributed by atoms with E-state index in [1.165, 1.54) is 11.3 Å². The highest BCUT2D eigenvalue weighted by Gasteiger charge is 2.46. The van der Waals surface area contributed by atoms with Crippen molar-refractivity contribution in [2.24, 2.45) is 5.92 Å². The van der Waals surface area contributed by atoms with E-state index in [1.54, 1.807) is 35.4 Å². The van der Waals surface area contributed by atoms with Gasteiger partial charge in [0.2, 0.25) is 5.78 Å². The van der Waals surface area contributed by atoms with Crippen molar-refractivity contribution in [3.8, 4) is 0 Å². The van der Waals surface area contributed by atoms with Crippen LogP contribution in [-0.4, -0.2) is 27.7 Å². The molecule has 1 amide bonds. The molecule has 0 radical (unpaired) electrons. The minimum absolute atomic E-state index is 0.0995. The van der Waals surface area contributed by atoms with Crippen molar-refractivity contribution in [1.29, 1.82) is 0 Å². The Labute approximate surface area is 155 Å². The Kier molecular flexibility index (Phi) is 4.51. The van der Waals surface area contributed by atoms with Crippen LogP contribution >= 0.6 is 11.3 Å². The van der Waals surface area contributed by atoms with E-state index in [2.05, 4.69) is 12.2 Å². The standard InChI is InChI=1S/C20H19NO4S/c22-18(15-9-5-11-26-15)16-17(13-6-2-1-3-7-13)21(20(24)19(16)23)12-14-8-4-10-25-14/h1-2,4-5,8-11,13,17,23H,3,6-7,12H2. The van der Waals surface area contributed by atoms with Crippen molar-refractivity contribution in [3.63, 3.8) is 0 Å². The van der Waals surface area contributed by atoms with Crippen LogP contribution in [0.2, 0.25) is 0 Å². The first kappa shape index (κ1) is 16.8. The molecule has 6 heteroatoms. The number of aliphatic hydroxyl groups is 1. The van der Waals surface area contributed by atoms with E-state index in [4.69, 9.17) is 4.42 Å². The van der Waals surface area contributed by atoms with E-state index >= 15 is 0 Å². The molecule has 1 N–H and O–H groups in total. The predicted molar refractivity (Wildman–Crippen MR) is 97.8 cm³/mol. The van der Waals surface area contributed by atoms with Crippen LogP contribution in [0.1, 0.15) is 34.7 Å². The van der Waals surface area contributed by atoms with Crippen LogP contribution in [0.25, 0.3) is 0 Å². The van der Waals surface area contributed by atoms with E-state index in [-0.39, 0.29) is 23.8 Å². The van der Waals surface area contributed by atoms with Gasteiger partial charge < -0.3 is 14.4 Å². The van der Waals surface area contributed by atoms with Crippen LogP contribution in [0.3, 0.4) is 0 Å². The number of hydrogen-bond donors (Lipinski definition) is 1. The number of ketones is 1. The topological polar surface area (TPSA) is 70.8 Å². The summed E-state index contributed by atoms with van der Waals surface area (Å²) in [4.78, 5) is 27.9. The van der Waals surface area contributed by atoms with E-state index in [0.29, 0.717) is 10.6 Å². The lowest BCUT2D eigenvalue weighted by Gasteiger charge is -2.33. The summed E-state index contributed by atoms with van der Waals surface area (Å²) in [6.45, 7) is 0.238. The number of allylic oxidation sites excluding steroid dienone is 2. The fraction of sp³-hybridized carbons (Fsp3) is 0.300. The molecule has 1 aliphatic carbocycles. The number of aliphatic hydroxyl groups excluding tert-OH is 1. The molecular formula is C20H19NO4S. The van der Waals surface area contributed by atoms with Gasteiger partial charge in [-0.15, -0.1) is 11.3 Å². The number of hydrogen-bond acceptors (Lipinski definition) is 5. The molecule has 0 fully saturated rings. The first-order valence-corrected chi connectivity index (χ1v) is 9.54. The highest BCUT2D eigenvalue weighted by atomic mass is 32.1. The van der Waals surface area contributed by atoms with Gasteiger partial charge in [-0.1, -0.05) is 18.2 Å². The third-order valence-electron chi connectivity index (χ3n) is 5.00. The summed E-state index contributed by atoms with van der Waals surface area (Å²) in [5.41, 5.74) is 0.226. The van der Waals surface area contributed by atoms with Crippen molar-refractivity contribution < 1.29 is 19.1 Å². The Bertz CT molecular complexity index is 864. The number of carbonyl (C=O) groups excluding carboxylic acids is 2. The molecule has 2 aliphatic rings. The molecule has 0 spiro atoms. The molecule has 0 saturated carbocycles. The summed E-state index contributed by atoms with van der Waals surface area (Å²) in [6, 6.07) is 6.64. The molecule has 2 atom stereocenters. The highest BCUT2D eigenvalue weighted by Crippen LogP contribution is 2.38. The Balaban J connectivity index is 1.73. The second kappa shape index (κ2) is 6.96. The molecule has 0 saturated heterocycles. The summed E-state index contributed by atoms with van der Waals surface area (Å²) in [6.07, 6.45) is 8.32. The fourth-order valence-corrected chi connectivity index (χ4v) is 4.47. The number of Topliss-reactive ketones (excluding diaryl/α,β-unsaturated/α-hetero) is 1. The minimum Gasteiger partial charge on any atom is -0.503 e. The smallest absolute Gasteiger partial charge is 0.290 e. The van der Waals surface area contributed by atoms with E-state index < -0.39 is 17.7 Å². The van der Waals surface area contributed by atoms with Gasteiger partial charge in [0.25, 0.3) is 5.91 Å². The van der Waals surface area contributed by atoms with Crippen LogP contribution in [0.15, 0.2) is 63.8 Å². The second-order valence-electron chi connectivity index (χ2n) is 6.57. The first-order valence-electron chi connectivity index (χ1n) is 8.66. The second-order valence-corrected chi connectivity index (χ2v) is 7.52. The number of furan rings is 1. The zero-order valence-corrected chi connectivity index (χ0v) is 14.9.